The highest BCUT2D eigenvalue weighted by atomic mass is 19.4. The second kappa shape index (κ2) is 9.45. The first-order chi connectivity index (χ1) is 16.7. The van der Waals surface area contributed by atoms with Crippen molar-refractivity contribution in [3.63, 3.8) is 0 Å². The number of nitrogens with zero attached hydrogens (tertiary/aromatic N) is 3. The van der Waals surface area contributed by atoms with E-state index in [2.05, 4.69) is 20.0 Å². The number of aromatic hydroxyl groups is 1. The Labute approximate surface area is 196 Å². The van der Waals surface area contributed by atoms with Crippen LogP contribution in [0.5, 0.6) is 5.75 Å². The predicted molar refractivity (Wildman–Crippen MR) is 119 cm³/mol. The number of hydrogen-bond acceptors (Lipinski definition) is 6. The van der Waals surface area contributed by atoms with Crippen LogP contribution in [0.1, 0.15) is 39.3 Å². The molecule has 180 valence electrons. The number of nitrogens with one attached hydrogen (secondary N) is 1. The average Bonchev–Trinajstić information content (AvgIpc) is 3.35. The quantitative estimate of drug-likeness (QED) is 0.424. The van der Waals surface area contributed by atoms with Crippen molar-refractivity contribution in [2.45, 2.75) is 18.0 Å². The summed E-state index contributed by atoms with van der Waals surface area (Å²) in [6.07, 6.45) is -2.68. The molecular weight excluding hydrogens is 465 g/mol. The van der Waals surface area contributed by atoms with Gasteiger partial charge in [0.1, 0.15) is 23.7 Å². The molecule has 0 spiro atoms. The number of anilines is 1. The number of carbonyl (C=O) groups excluding carboxylic acids is 1. The number of alkyl halides is 3. The van der Waals surface area contributed by atoms with E-state index in [-0.39, 0.29) is 5.69 Å². The standard InChI is InChI=1S/C24H19F3N4O4/c1-31-21(30-19(20(32)23(31)34)22(33)29-16-12-28-35-13-16)18(24(25,26)27)17(14-8-4-2-5-9-14)15-10-6-3-7-11-15/h2-13,17-18,32H,1H3,(H,29,33). The van der Waals surface area contributed by atoms with E-state index in [1.165, 1.54) is 0 Å². The molecule has 2 aromatic carbocycles. The summed E-state index contributed by atoms with van der Waals surface area (Å²) in [5.74, 6) is -6.53. The summed E-state index contributed by atoms with van der Waals surface area (Å²) in [5.41, 5.74) is -1.31. The smallest absolute Gasteiger partial charge is 0.399 e. The van der Waals surface area contributed by atoms with E-state index in [1.54, 1.807) is 60.7 Å². The second-order valence-electron chi connectivity index (χ2n) is 7.72. The minimum absolute atomic E-state index is 0.0669. The van der Waals surface area contributed by atoms with Gasteiger partial charge in [-0.3, -0.25) is 14.2 Å². The third kappa shape index (κ3) is 4.79. The van der Waals surface area contributed by atoms with Crippen LogP contribution in [0, 0.1) is 0 Å². The van der Waals surface area contributed by atoms with Crippen LogP contribution >= 0.6 is 0 Å². The molecule has 35 heavy (non-hydrogen) atoms. The molecule has 0 aliphatic carbocycles. The third-order valence-electron chi connectivity index (χ3n) is 5.49. The summed E-state index contributed by atoms with van der Waals surface area (Å²) >= 11 is 0. The van der Waals surface area contributed by atoms with E-state index in [4.69, 9.17) is 0 Å². The molecule has 0 saturated carbocycles. The van der Waals surface area contributed by atoms with E-state index in [0.29, 0.717) is 15.7 Å². The summed E-state index contributed by atoms with van der Waals surface area (Å²) in [6, 6.07) is 16.0. The predicted octanol–water partition coefficient (Wildman–Crippen LogP) is 4.20. The number of benzene rings is 2. The lowest BCUT2D eigenvalue weighted by atomic mass is 9.79. The van der Waals surface area contributed by atoms with Crippen LogP contribution in [0.4, 0.5) is 18.9 Å². The molecule has 0 saturated heterocycles. The molecule has 0 bridgehead atoms. The fourth-order valence-corrected chi connectivity index (χ4v) is 3.88. The van der Waals surface area contributed by atoms with Gasteiger partial charge in [0.05, 0.1) is 6.20 Å². The van der Waals surface area contributed by atoms with Crippen LogP contribution in [0.3, 0.4) is 0 Å². The molecule has 4 rings (SSSR count). The van der Waals surface area contributed by atoms with E-state index in [1.807, 2.05) is 0 Å². The average molecular weight is 484 g/mol. The Morgan fingerprint density at radius 1 is 1.06 bits per heavy atom. The van der Waals surface area contributed by atoms with Gasteiger partial charge in [-0.05, 0) is 11.1 Å². The maximum absolute atomic E-state index is 14.7. The van der Waals surface area contributed by atoms with Crippen molar-refractivity contribution < 1.29 is 27.6 Å². The summed E-state index contributed by atoms with van der Waals surface area (Å²) in [6.45, 7) is 0. The molecule has 0 aliphatic heterocycles. The zero-order valence-corrected chi connectivity index (χ0v) is 18.2. The Morgan fingerprint density at radius 2 is 1.63 bits per heavy atom. The van der Waals surface area contributed by atoms with Crippen LogP contribution < -0.4 is 10.9 Å². The zero-order chi connectivity index (χ0) is 25.2. The fraction of sp³-hybridized carbons (Fsp3) is 0.167. The van der Waals surface area contributed by atoms with Gasteiger partial charge in [-0.2, -0.15) is 13.2 Å². The van der Waals surface area contributed by atoms with E-state index < -0.39 is 46.7 Å². The van der Waals surface area contributed by atoms with Crippen molar-refractivity contribution >= 4 is 11.6 Å². The van der Waals surface area contributed by atoms with E-state index in [9.17, 15) is 27.9 Å². The highest BCUT2D eigenvalue weighted by Gasteiger charge is 2.49. The van der Waals surface area contributed by atoms with Gasteiger partial charge in [-0.15, -0.1) is 0 Å². The van der Waals surface area contributed by atoms with Gasteiger partial charge in [0, 0.05) is 13.0 Å². The number of carbonyl (C=O) groups is 1. The summed E-state index contributed by atoms with van der Waals surface area (Å²) in [5, 5.41) is 16.0. The molecule has 4 aromatic rings. The third-order valence-corrected chi connectivity index (χ3v) is 5.49. The van der Waals surface area contributed by atoms with Gasteiger partial charge in [0.25, 0.3) is 11.5 Å². The molecule has 2 N–H and O–H groups in total. The van der Waals surface area contributed by atoms with Gasteiger partial charge in [0.15, 0.2) is 5.69 Å². The molecule has 1 amide bonds. The normalized spacial score (nSPS) is 12.5. The maximum atomic E-state index is 14.7. The highest BCUT2D eigenvalue weighted by Crippen LogP contribution is 2.47. The van der Waals surface area contributed by atoms with Gasteiger partial charge in [0.2, 0.25) is 5.75 Å². The van der Waals surface area contributed by atoms with Gasteiger partial charge in [-0.1, -0.05) is 65.8 Å². The van der Waals surface area contributed by atoms with E-state index >= 15 is 0 Å². The Bertz CT molecular complexity index is 1330. The summed E-state index contributed by atoms with van der Waals surface area (Å²) in [7, 11) is 1.07. The van der Waals surface area contributed by atoms with Crippen LogP contribution in [0.25, 0.3) is 0 Å². The fourth-order valence-electron chi connectivity index (χ4n) is 3.88. The molecule has 1 atom stereocenters. The molecule has 0 aliphatic rings. The first-order valence-corrected chi connectivity index (χ1v) is 10.4. The van der Waals surface area contributed by atoms with Gasteiger partial charge in [-0.25, -0.2) is 4.98 Å². The lowest BCUT2D eigenvalue weighted by Gasteiger charge is -2.30. The lowest BCUT2D eigenvalue weighted by Crippen LogP contribution is -2.36. The zero-order valence-electron chi connectivity index (χ0n) is 18.2. The number of rotatable bonds is 6. The van der Waals surface area contributed by atoms with Crippen molar-refractivity contribution in [3.05, 3.63) is 106 Å². The van der Waals surface area contributed by atoms with Gasteiger partial charge >= 0.3 is 6.18 Å². The highest BCUT2D eigenvalue weighted by molar-refractivity contribution is 6.04. The Kier molecular flexibility index (Phi) is 6.41. The molecule has 0 radical (unpaired) electrons. The molecular formula is C24H19F3N4O4. The monoisotopic (exact) mass is 484 g/mol. The van der Waals surface area contributed by atoms with Crippen LogP contribution in [-0.2, 0) is 7.05 Å². The Balaban J connectivity index is 1.93. The topological polar surface area (TPSA) is 110 Å². The Hall–Kier alpha value is -4.41. The van der Waals surface area contributed by atoms with Gasteiger partial charge < -0.3 is 14.9 Å². The lowest BCUT2D eigenvalue weighted by molar-refractivity contribution is -0.156. The molecule has 1 unspecified atom stereocenters. The minimum atomic E-state index is -4.88. The number of hydrogen-bond donors (Lipinski definition) is 2. The number of amides is 1. The largest absolute Gasteiger partial charge is 0.501 e. The van der Waals surface area contributed by atoms with Crippen molar-refractivity contribution in [2.24, 2.45) is 7.05 Å². The van der Waals surface area contributed by atoms with Crippen LogP contribution in [-0.4, -0.2) is 31.9 Å². The van der Waals surface area contributed by atoms with Crippen LogP contribution in [0.2, 0.25) is 0 Å². The first kappa shape index (κ1) is 23.7. The maximum Gasteiger partial charge on any atom is 0.399 e. The molecule has 11 heteroatoms. The SMILES string of the molecule is Cn1c(C(C(c2ccccc2)c2ccccc2)C(F)(F)F)nc(C(=O)Nc2cnoc2)c(O)c1=O. The first-order valence-electron chi connectivity index (χ1n) is 10.4. The Morgan fingerprint density at radius 3 is 2.11 bits per heavy atom. The molecule has 8 nitrogen and oxygen atoms in total. The van der Waals surface area contributed by atoms with E-state index in [0.717, 1.165) is 19.5 Å². The van der Waals surface area contributed by atoms with Crippen molar-refractivity contribution in [1.29, 1.82) is 0 Å². The van der Waals surface area contributed by atoms with Crippen molar-refractivity contribution in [1.82, 2.24) is 14.7 Å². The van der Waals surface area contributed by atoms with Crippen molar-refractivity contribution in [3.8, 4) is 5.75 Å². The molecule has 0 fully saturated rings. The van der Waals surface area contributed by atoms with Crippen LogP contribution in [0.15, 0.2) is 82.4 Å². The summed E-state index contributed by atoms with van der Waals surface area (Å²) < 4.78 is 49.4. The molecule has 2 heterocycles. The summed E-state index contributed by atoms with van der Waals surface area (Å²) in [4.78, 5) is 29.3. The number of halogens is 3. The molecule has 2 aromatic heterocycles. The second-order valence-corrected chi connectivity index (χ2v) is 7.72. The van der Waals surface area contributed by atoms with Crippen molar-refractivity contribution in [2.75, 3.05) is 5.32 Å². The minimum Gasteiger partial charge on any atom is -0.501 e. The number of aromatic nitrogens is 3.